The number of benzene rings is 1. The lowest BCUT2D eigenvalue weighted by Crippen LogP contribution is -2.38. The first-order valence-corrected chi connectivity index (χ1v) is 7.39. The third-order valence-electron chi connectivity index (χ3n) is 4.31. The van der Waals surface area contributed by atoms with Crippen LogP contribution in [0.5, 0.6) is 0 Å². The third-order valence-corrected chi connectivity index (χ3v) is 5.00. The van der Waals surface area contributed by atoms with Crippen LogP contribution in [0.3, 0.4) is 0 Å². The molecule has 3 N–H and O–H groups in total. The van der Waals surface area contributed by atoms with Crippen molar-refractivity contribution in [2.45, 2.75) is 31.3 Å². The van der Waals surface area contributed by atoms with Gasteiger partial charge in [0, 0.05) is 22.2 Å². The number of carboxylic acid groups (broad SMARTS) is 1. The van der Waals surface area contributed by atoms with Gasteiger partial charge in [-0.05, 0) is 53.4 Å². The average molecular weight is 339 g/mol. The molecule has 2 aliphatic rings. The van der Waals surface area contributed by atoms with Crippen LogP contribution >= 0.6 is 15.9 Å². The van der Waals surface area contributed by atoms with Gasteiger partial charge in [-0.25, -0.2) is 0 Å². The number of aliphatic carboxylic acids is 1. The fourth-order valence-corrected chi connectivity index (χ4v) is 3.83. The van der Waals surface area contributed by atoms with Crippen LogP contribution < -0.4 is 5.73 Å². The SMILES string of the molecule is Nc1ccc(Br)c(C(=O)N2C3CCC2C(C(=O)O)C3)c1. The zero-order chi connectivity index (χ0) is 14.4. The Balaban J connectivity index is 1.92. The first-order valence-electron chi connectivity index (χ1n) is 6.59. The van der Waals surface area contributed by atoms with E-state index in [4.69, 9.17) is 5.73 Å². The zero-order valence-corrected chi connectivity index (χ0v) is 12.3. The number of hydrogen-bond donors (Lipinski definition) is 2. The number of amides is 1. The van der Waals surface area contributed by atoms with E-state index >= 15 is 0 Å². The monoisotopic (exact) mass is 338 g/mol. The maximum absolute atomic E-state index is 12.7. The van der Waals surface area contributed by atoms with Crippen molar-refractivity contribution in [3.8, 4) is 0 Å². The summed E-state index contributed by atoms with van der Waals surface area (Å²) in [5.41, 5.74) is 6.77. The molecule has 6 heteroatoms. The van der Waals surface area contributed by atoms with Gasteiger partial charge in [0.1, 0.15) is 0 Å². The van der Waals surface area contributed by atoms with Crippen molar-refractivity contribution in [3.63, 3.8) is 0 Å². The maximum atomic E-state index is 12.7. The Hall–Kier alpha value is -1.56. The number of nitrogen functional groups attached to an aromatic ring is 1. The van der Waals surface area contributed by atoms with E-state index < -0.39 is 11.9 Å². The fraction of sp³-hybridized carbons (Fsp3) is 0.429. The van der Waals surface area contributed by atoms with Gasteiger partial charge in [0.25, 0.3) is 5.91 Å². The van der Waals surface area contributed by atoms with Gasteiger partial charge in [-0.3, -0.25) is 9.59 Å². The van der Waals surface area contributed by atoms with Gasteiger partial charge < -0.3 is 15.7 Å². The molecule has 5 nitrogen and oxygen atoms in total. The van der Waals surface area contributed by atoms with Crippen LogP contribution in [0.2, 0.25) is 0 Å². The predicted molar refractivity (Wildman–Crippen MR) is 77.3 cm³/mol. The van der Waals surface area contributed by atoms with E-state index in [0.29, 0.717) is 22.1 Å². The third kappa shape index (κ3) is 1.98. The molecule has 106 valence electrons. The molecule has 0 aliphatic carbocycles. The summed E-state index contributed by atoms with van der Waals surface area (Å²) in [6.07, 6.45) is 2.22. The molecule has 2 heterocycles. The molecule has 2 fully saturated rings. The smallest absolute Gasteiger partial charge is 0.308 e. The average Bonchev–Trinajstić information content (AvgIpc) is 2.98. The molecule has 1 aromatic rings. The van der Waals surface area contributed by atoms with Crippen LogP contribution in [0.15, 0.2) is 22.7 Å². The number of fused-ring (bicyclic) bond motifs is 2. The highest BCUT2D eigenvalue weighted by molar-refractivity contribution is 9.10. The number of rotatable bonds is 2. The Morgan fingerprint density at radius 2 is 2.10 bits per heavy atom. The molecule has 3 rings (SSSR count). The van der Waals surface area contributed by atoms with Crippen molar-refractivity contribution in [1.82, 2.24) is 4.90 Å². The molecule has 2 bridgehead atoms. The molecule has 1 amide bonds. The van der Waals surface area contributed by atoms with E-state index in [1.807, 2.05) is 0 Å². The van der Waals surface area contributed by atoms with Crippen molar-refractivity contribution in [2.75, 3.05) is 5.73 Å². The van der Waals surface area contributed by atoms with E-state index in [-0.39, 0.29) is 18.0 Å². The minimum absolute atomic E-state index is 0.0435. The first kappa shape index (κ1) is 13.4. The quantitative estimate of drug-likeness (QED) is 0.809. The molecule has 1 aromatic carbocycles. The molecular formula is C14H15BrN2O3. The molecule has 20 heavy (non-hydrogen) atoms. The molecule has 2 aliphatic heterocycles. The molecular weight excluding hydrogens is 324 g/mol. The molecule has 0 spiro atoms. The van der Waals surface area contributed by atoms with Crippen LogP contribution in [0, 0.1) is 5.92 Å². The summed E-state index contributed by atoms with van der Waals surface area (Å²) in [7, 11) is 0. The van der Waals surface area contributed by atoms with Crippen LogP contribution in [-0.4, -0.2) is 34.0 Å². The maximum Gasteiger partial charge on any atom is 0.308 e. The van der Waals surface area contributed by atoms with Gasteiger partial charge in [0.15, 0.2) is 0 Å². The fourth-order valence-electron chi connectivity index (χ4n) is 3.42. The lowest BCUT2D eigenvalue weighted by atomic mass is 9.89. The predicted octanol–water partition coefficient (Wildman–Crippen LogP) is 2.11. The summed E-state index contributed by atoms with van der Waals surface area (Å²) >= 11 is 3.36. The summed E-state index contributed by atoms with van der Waals surface area (Å²) < 4.78 is 0.690. The van der Waals surface area contributed by atoms with E-state index in [2.05, 4.69) is 15.9 Å². The number of carbonyl (C=O) groups is 2. The van der Waals surface area contributed by atoms with Crippen molar-refractivity contribution in [3.05, 3.63) is 28.2 Å². The lowest BCUT2D eigenvalue weighted by Gasteiger charge is -2.23. The summed E-state index contributed by atoms with van der Waals surface area (Å²) in [6.45, 7) is 0. The minimum Gasteiger partial charge on any atom is -0.481 e. The lowest BCUT2D eigenvalue weighted by molar-refractivity contribution is -0.142. The first-order chi connectivity index (χ1) is 9.49. The number of anilines is 1. The molecule has 0 saturated carbocycles. The number of hydrogen-bond acceptors (Lipinski definition) is 3. The summed E-state index contributed by atoms with van der Waals surface area (Å²) in [6, 6.07) is 4.97. The highest BCUT2D eigenvalue weighted by atomic mass is 79.9. The van der Waals surface area contributed by atoms with E-state index in [1.54, 1.807) is 23.1 Å². The molecule has 3 atom stereocenters. The summed E-state index contributed by atoms with van der Waals surface area (Å²) in [5, 5.41) is 9.24. The summed E-state index contributed by atoms with van der Waals surface area (Å²) in [4.78, 5) is 25.7. The summed E-state index contributed by atoms with van der Waals surface area (Å²) in [5.74, 6) is -1.36. The number of carboxylic acids is 1. The van der Waals surface area contributed by atoms with Crippen molar-refractivity contribution in [1.29, 1.82) is 0 Å². The van der Waals surface area contributed by atoms with Crippen LogP contribution in [-0.2, 0) is 4.79 Å². The zero-order valence-electron chi connectivity index (χ0n) is 10.8. The Morgan fingerprint density at radius 3 is 2.75 bits per heavy atom. The molecule has 0 radical (unpaired) electrons. The highest BCUT2D eigenvalue weighted by Gasteiger charge is 2.51. The van der Waals surface area contributed by atoms with Gasteiger partial charge in [-0.2, -0.15) is 0 Å². The second-order valence-electron chi connectivity index (χ2n) is 5.43. The van der Waals surface area contributed by atoms with Crippen LogP contribution in [0.4, 0.5) is 5.69 Å². The number of halogens is 1. The van der Waals surface area contributed by atoms with Gasteiger partial charge in [-0.1, -0.05) is 0 Å². The Kier molecular flexibility index (Phi) is 3.20. The van der Waals surface area contributed by atoms with E-state index in [1.165, 1.54) is 0 Å². The Labute approximate surface area is 124 Å². The van der Waals surface area contributed by atoms with Gasteiger partial charge in [-0.15, -0.1) is 0 Å². The molecule has 0 aromatic heterocycles. The second kappa shape index (κ2) is 4.77. The van der Waals surface area contributed by atoms with Crippen LogP contribution in [0.1, 0.15) is 29.6 Å². The number of carbonyl (C=O) groups excluding carboxylic acids is 1. The van der Waals surface area contributed by atoms with E-state index in [0.717, 1.165) is 12.8 Å². The second-order valence-corrected chi connectivity index (χ2v) is 6.28. The minimum atomic E-state index is -0.804. The van der Waals surface area contributed by atoms with E-state index in [9.17, 15) is 14.7 Å². The van der Waals surface area contributed by atoms with Gasteiger partial charge in [0.05, 0.1) is 11.5 Å². The Morgan fingerprint density at radius 1 is 1.35 bits per heavy atom. The topological polar surface area (TPSA) is 83.6 Å². The molecule has 3 unspecified atom stereocenters. The molecule has 2 saturated heterocycles. The van der Waals surface area contributed by atoms with Crippen molar-refractivity contribution in [2.24, 2.45) is 5.92 Å². The normalized spacial score (nSPS) is 27.9. The van der Waals surface area contributed by atoms with Crippen LogP contribution in [0.25, 0.3) is 0 Å². The highest BCUT2D eigenvalue weighted by Crippen LogP contribution is 2.43. The standard InChI is InChI=1S/C14H15BrN2O3/c15-11-3-1-7(16)5-9(11)13(18)17-8-2-4-12(17)10(6-8)14(19)20/h1,3,5,8,10,12H,2,4,6,16H2,(H,19,20). The Bertz CT molecular complexity index is 590. The largest absolute Gasteiger partial charge is 0.481 e. The van der Waals surface area contributed by atoms with Gasteiger partial charge >= 0.3 is 5.97 Å². The van der Waals surface area contributed by atoms with Crippen molar-refractivity contribution < 1.29 is 14.7 Å². The number of nitrogens with two attached hydrogens (primary N) is 1. The van der Waals surface area contributed by atoms with Crippen molar-refractivity contribution >= 4 is 33.5 Å². The number of nitrogens with zero attached hydrogens (tertiary/aromatic N) is 1. The van der Waals surface area contributed by atoms with Gasteiger partial charge in [0.2, 0.25) is 0 Å².